The highest BCUT2D eigenvalue weighted by Crippen LogP contribution is 2.44. The first kappa shape index (κ1) is 19.7. The van der Waals surface area contributed by atoms with Crippen LogP contribution >= 0.6 is 11.6 Å². The van der Waals surface area contributed by atoms with Crippen molar-refractivity contribution in [2.45, 2.75) is 38.6 Å². The maximum Gasteiger partial charge on any atom is 0.0630 e. The normalized spacial score (nSPS) is 18.1. The molecule has 0 spiro atoms. The van der Waals surface area contributed by atoms with Gasteiger partial charge in [0.05, 0.1) is 10.7 Å². The van der Waals surface area contributed by atoms with Crippen molar-refractivity contribution in [3.63, 3.8) is 0 Å². The number of rotatable bonds is 3. The van der Waals surface area contributed by atoms with Crippen molar-refractivity contribution >= 4 is 29.2 Å². The predicted molar refractivity (Wildman–Crippen MR) is 126 cm³/mol. The average Bonchev–Trinajstić information content (AvgIpc) is 2.72. The molecule has 29 heavy (non-hydrogen) atoms. The Labute approximate surface area is 178 Å². The molecule has 148 valence electrons. The molecule has 3 aromatic rings. The Morgan fingerprint density at radius 3 is 2.34 bits per heavy atom. The Balaban J connectivity index is 1.60. The number of benzene rings is 3. The van der Waals surface area contributed by atoms with Crippen LogP contribution in [0.2, 0.25) is 5.02 Å². The Morgan fingerprint density at radius 1 is 1.00 bits per heavy atom. The Hall–Kier alpha value is -2.58. The van der Waals surface area contributed by atoms with Crippen molar-refractivity contribution < 1.29 is 0 Å². The van der Waals surface area contributed by atoms with Crippen LogP contribution in [0.4, 0.5) is 11.4 Å². The van der Waals surface area contributed by atoms with E-state index in [0.29, 0.717) is 5.92 Å². The minimum Gasteiger partial charge on any atom is -0.369 e. The molecule has 4 rings (SSSR count). The van der Waals surface area contributed by atoms with E-state index in [2.05, 4.69) is 86.2 Å². The average molecular weight is 403 g/mol. The van der Waals surface area contributed by atoms with Crippen LogP contribution in [-0.4, -0.2) is 18.8 Å². The second-order valence-corrected chi connectivity index (χ2v) is 8.99. The molecule has 1 heterocycles. The molecule has 0 fully saturated rings. The third-order valence-electron chi connectivity index (χ3n) is 6.08. The van der Waals surface area contributed by atoms with E-state index in [0.717, 1.165) is 22.7 Å². The fraction of sp³-hybridized carbons (Fsp3) is 0.269. The quantitative estimate of drug-likeness (QED) is 0.414. The SMILES string of the molecule is CC1CC(C)(C)N(C)c2cc(Cl)c(C=Nc3ccc(-c4ccccc4)cc3)cc21. The lowest BCUT2D eigenvalue weighted by molar-refractivity contribution is 0.395. The molecular formula is C26H27ClN2. The fourth-order valence-electron chi connectivity index (χ4n) is 4.22. The number of halogens is 1. The molecule has 1 aliphatic heterocycles. The lowest BCUT2D eigenvalue weighted by Gasteiger charge is -2.45. The first-order valence-electron chi connectivity index (χ1n) is 10.1. The van der Waals surface area contributed by atoms with Crippen LogP contribution in [0.1, 0.15) is 44.2 Å². The summed E-state index contributed by atoms with van der Waals surface area (Å²) in [5.41, 5.74) is 6.99. The van der Waals surface area contributed by atoms with E-state index in [1.54, 1.807) is 0 Å². The van der Waals surface area contributed by atoms with Crippen molar-refractivity contribution in [3.8, 4) is 11.1 Å². The molecule has 2 nitrogen and oxygen atoms in total. The summed E-state index contributed by atoms with van der Waals surface area (Å²) in [6, 6.07) is 23.0. The first-order valence-corrected chi connectivity index (χ1v) is 10.5. The van der Waals surface area contributed by atoms with E-state index >= 15 is 0 Å². The summed E-state index contributed by atoms with van der Waals surface area (Å²) >= 11 is 6.62. The molecule has 1 aliphatic rings. The highest BCUT2D eigenvalue weighted by atomic mass is 35.5. The van der Waals surface area contributed by atoms with Gasteiger partial charge in [-0.2, -0.15) is 0 Å². The Kier molecular flexibility index (Phi) is 5.23. The maximum atomic E-state index is 6.62. The van der Waals surface area contributed by atoms with E-state index in [-0.39, 0.29) is 5.54 Å². The van der Waals surface area contributed by atoms with Crippen LogP contribution < -0.4 is 4.90 Å². The van der Waals surface area contributed by atoms with Crippen molar-refractivity contribution in [3.05, 3.63) is 82.9 Å². The standard InChI is InChI=1S/C26H27ClN2/c1-18-16-26(2,3)29(4)25-15-24(27)21(14-23(18)25)17-28-22-12-10-20(11-13-22)19-8-6-5-7-9-19/h5-15,17-18H,16H2,1-4H3. The second kappa shape index (κ2) is 7.68. The topological polar surface area (TPSA) is 15.6 Å². The van der Waals surface area contributed by atoms with Gasteiger partial charge in [0.1, 0.15) is 0 Å². The second-order valence-electron chi connectivity index (χ2n) is 8.58. The minimum absolute atomic E-state index is 0.131. The molecule has 1 unspecified atom stereocenters. The van der Waals surface area contributed by atoms with Gasteiger partial charge in [-0.05, 0) is 67.1 Å². The summed E-state index contributed by atoms with van der Waals surface area (Å²) in [5, 5.41) is 0.741. The van der Waals surface area contributed by atoms with Gasteiger partial charge < -0.3 is 4.90 Å². The zero-order chi connectivity index (χ0) is 20.6. The van der Waals surface area contributed by atoms with Crippen molar-refractivity contribution in [2.75, 3.05) is 11.9 Å². The Morgan fingerprint density at radius 2 is 1.66 bits per heavy atom. The summed E-state index contributed by atoms with van der Waals surface area (Å²) in [5.74, 6) is 0.491. The molecule has 0 radical (unpaired) electrons. The molecule has 0 amide bonds. The van der Waals surface area contributed by atoms with Crippen LogP contribution in [0.3, 0.4) is 0 Å². The molecule has 1 atom stereocenters. The van der Waals surface area contributed by atoms with Gasteiger partial charge in [-0.15, -0.1) is 0 Å². The van der Waals surface area contributed by atoms with Gasteiger partial charge in [-0.1, -0.05) is 61.0 Å². The molecule has 0 N–H and O–H groups in total. The molecular weight excluding hydrogens is 376 g/mol. The smallest absolute Gasteiger partial charge is 0.0630 e. The van der Waals surface area contributed by atoms with E-state index in [4.69, 9.17) is 11.6 Å². The van der Waals surface area contributed by atoms with Crippen LogP contribution in [0.15, 0.2) is 71.7 Å². The van der Waals surface area contributed by atoms with Gasteiger partial charge in [-0.25, -0.2) is 0 Å². The summed E-state index contributed by atoms with van der Waals surface area (Å²) < 4.78 is 0. The van der Waals surface area contributed by atoms with Crippen LogP contribution in [0.25, 0.3) is 11.1 Å². The maximum absolute atomic E-state index is 6.62. The van der Waals surface area contributed by atoms with Gasteiger partial charge in [0, 0.05) is 30.1 Å². The third-order valence-corrected chi connectivity index (χ3v) is 6.41. The lowest BCUT2D eigenvalue weighted by Crippen LogP contribution is -2.45. The van der Waals surface area contributed by atoms with Crippen molar-refractivity contribution in [2.24, 2.45) is 4.99 Å². The number of hydrogen-bond donors (Lipinski definition) is 0. The summed E-state index contributed by atoms with van der Waals surface area (Å²) in [7, 11) is 2.16. The highest BCUT2D eigenvalue weighted by molar-refractivity contribution is 6.33. The largest absolute Gasteiger partial charge is 0.369 e. The van der Waals surface area contributed by atoms with Crippen LogP contribution in [0.5, 0.6) is 0 Å². The van der Waals surface area contributed by atoms with Gasteiger partial charge >= 0.3 is 0 Å². The zero-order valence-electron chi connectivity index (χ0n) is 17.5. The van der Waals surface area contributed by atoms with E-state index in [1.165, 1.54) is 22.4 Å². The molecule has 0 aliphatic carbocycles. The number of fused-ring (bicyclic) bond motifs is 1. The Bertz CT molecular complexity index is 1040. The van der Waals surface area contributed by atoms with Gasteiger partial charge in [0.15, 0.2) is 0 Å². The predicted octanol–water partition coefficient (Wildman–Crippen LogP) is 7.48. The van der Waals surface area contributed by atoms with Gasteiger partial charge in [-0.3, -0.25) is 4.99 Å². The molecule has 3 heteroatoms. The van der Waals surface area contributed by atoms with Gasteiger partial charge in [0.25, 0.3) is 0 Å². The molecule has 3 aromatic carbocycles. The number of aliphatic imine (C=N–C) groups is 1. The van der Waals surface area contributed by atoms with E-state index in [9.17, 15) is 0 Å². The lowest BCUT2D eigenvalue weighted by atomic mass is 9.80. The fourth-order valence-corrected chi connectivity index (χ4v) is 4.42. The molecule has 0 aromatic heterocycles. The third kappa shape index (κ3) is 3.95. The van der Waals surface area contributed by atoms with E-state index < -0.39 is 0 Å². The monoisotopic (exact) mass is 402 g/mol. The zero-order valence-corrected chi connectivity index (χ0v) is 18.2. The summed E-state index contributed by atoms with van der Waals surface area (Å²) in [6.45, 7) is 6.87. The van der Waals surface area contributed by atoms with Crippen LogP contribution in [-0.2, 0) is 0 Å². The van der Waals surface area contributed by atoms with E-state index in [1.807, 2.05) is 24.4 Å². The minimum atomic E-state index is 0.131. The summed E-state index contributed by atoms with van der Waals surface area (Å²) in [6.07, 6.45) is 3.00. The molecule has 0 saturated heterocycles. The van der Waals surface area contributed by atoms with Crippen LogP contribution in [0, 0.1) is 0 Å². The number of nitrogens with zero attached hydrogens (tertiary/aromatic N) is 2. The van der Waals surface area contributed by atoms with Gasteiger partial charge in [0.2, 0.25) is 0 Å². The molecule has 0 bridgehead atoms. The summed E-state index contributed by atoms with van der Waals surface area (Å²) in [4.78, 5) is 7.02. The van der Waals surface area contributed by atoms with Crippen molar-refractivity contribution in [1.29, 1.82) is 0 Å². The number of hydrogen-bond acceptors (Lipinski definition) is 2. The van der Waals surface area contributed by atoms with Crippen molar-refractivity contribution in [1.82, 2.24) is 0 Å². The number of anilines is 1. The molecule has 0 saturated carbocycles. The first-order chi connectivity index (χ1) is 13.8. The highest BCUT2D eigenvalue weighted by Gasteiger charge is 2.34.